The van der Waals surface area contributed by atoms with E-state index in [4.69, 9.17) is 10.5 Å². The number of alkyl halides is 2. The van der Waals surface area contributed by atoms with Gasteiger partial charge in [0.1, 0.15) is 6.61 Å². The molecular weight excluding hydrogens is 266 g/mol. The number of amides is 1. The molecule has 1 aromatic rings. The van der Waals surface area contributed by atoms with E-state index in [0.29, 0.717) is 0 Å². The van der Waals surface area contributed by atoms with Crippen molar-refractivity contribution in [1.29, 1.82) is 0 Å². The number of ether oxygens (including phenoxy) is 1. The Bertz CT molecular complexity index is 454. The molecule has 0 unspecified atom stereocenters. The molecule has 1 aliphatic carbocycles. The van der Waals surface area contributed by atoms with E-state index in [2.05, 4.69) is 5.32 Å². The van der Waals surface area contributed by atoms with Gasteiger partial charge in [0.2, 0.25) is 5.92 Å². The molecule has 2 atom stereocenters. The molecule has 2 rings (SSSR count). The second-order valence-corrected chi connectivity index (χ2v) is 5.08. The molecule has 0 radical (unpaired) electrons. The third-order valence-corrected chi connectivity index (χ3v) is 3.39. The lowest BCUT2D eigenvalue weighted by molar-refractivity contribution is -0.0482. The minimum absolute atomic E-state index is 0.102. The van der Waals surface area contributed by atoms with Gasteiger partial charge in [0.05, 0.1) is 6.04 Å². The number of hydrogen-bond acceptors (Lipinski definition) is 3. The fourth-order valence-corrected chi connectivity index (χ4v) is 2.23. The summed E-state index contributed by atoms with van der Waals surface area (Å²) in [6, 6.07) is 7.93. The summed E-state index contributed by atoms with van der Waals surface area (Å²) >= 11 is 0. The Hall–Kier alpha value is -1.69. The van der Waals surface area contributed by atoms with Gasteiger partial charge in [-0.3, -0.25) is 0 Å². The van der Waals surface area contributed by atoms with Crippen LogP contribution < -0.4 is 11.1 Å². The highest BCUT2D eigenvalue weighted by Gasteiger charge is 2.40. The Balaban J connectivity index is 1.81. The van der Waals surface area contributed by atoms with Crippen LogP contribution in [0.1, 0.15) is 24.8 Å². The first-order chi connectivity index (χ1) is 9.46. The van der Waals surface area contributed by atoms with E-state index < -0.39 is 30.5 Å². The first-order valence-corrected chi connectivity index (χ1v) is 6.57. The number of alkyl carbamates (subject to hydrolysis) is 1. The van der Waals surface area contributed by atoms with Gasteiger partial charge in [0, 0.05) is 18.9 Å². The van der Waals surface area contributed by atoms with Gasteiger partial charge in [-0.05, 0) is 12.0 Å². The largest absolute Gasteiger partial charge is 0.445 e. The maximum Gasteiger partial charge on any atom is 0.407 e. The van der Waals surface area contributed by atoms with Crippen LogP contribution in [0.3, 0.4) is 0 Å². The fourth-order valence-electron chi connectivity index (χ4n) is 2.23. The SMILES string of the molecule is N[C@@H]1CCC(F)(F)C[C@@H]1NC(=O)OCc1ccccc1. The van der Waals surface area contributed by atoms with Gasteiger partial charge < -0.3 is 15.8 Å². The van der Waals surface area contributed by atoms with Crippen molar-refractivity contribution >= 4 is 6.09 Å². The number of nitrogens with one attached hydrogen (secondary N) is 1. The number of carbonyl (C=O) groups excluding carboxylic acids is 1. The Morgan fingerprint density at radius 2 is 2.10 bits per heavy atom. The maximum absolute atomic E-state index is 13.3. The standard InChI is InChI=1S/C14H18F2N2O2/c15-14(16)7-6-11(17)12(8-14)18-13(19)20-9-10-4-2-1-3-5-10/h1-5,11-12H,6-9,17H2,(H,18,19)/t11-,12+/m1/s1. The van der Waals surface area contributed by atoms with E-state index >= 15 is 0 Å². The second kappa shape index (κ2) is 6.17. The Morgan fingerprint density at radius 3 is 2.80 bits per heavy atom. The molecule has 0 aliphatic heterocycles. The van der Waals surface area contributed by atoms with Crippen LogP contribution in [-0.2, 0) is 11.3 Å². The molecule has 0 saturated heterocycles. The third-order valence-electron chi connectivity index (χ3n) is 3.39. The van der Waals surface area contributed by atoms with Gasteiger partial charge in [-0.15, -0.1) is 0 Å². The molecule has 0 aromatic heterocycles. The van der Waals surface area contributed by atoms with E-state index in [-0.39, 0.29) is 19.4 Å². The molecule has 0 heterocycles. The Kier molecular flexibility index (Phi) is 4.54. The number of rotatable bonds is 3. The quantitative estimate of drug-likeness (QED) is 0.896. The number of benzene rings is 1. The van der Waals surface area contributed by atoms with Crippen LogP contribution in [-0.4, -0.2) is 24.1 Å². The minimum atomic E-state index is -2.77. The number of halogens is 2. The van der Waals surface area contributed by atoms with Crippen LogP contribution in [0.5, 0.6) is 0 Å². The lowest BCUT2D eigenvalue weighted by atomic mass is 9.88. The molecule has 1 fully saturated rings. The summed E-state index contributed by atoms with van der Waals surface area (Å²) in [7, 11) is 0. The van der Waals surface area contributed by atoms with Crippen LogP contribution in [0.25, 0.3) is 0 Å². The van der Waals surface area contributed by atoms with Crippen LogP contribution in [0.15, 0.2) is 30.3 Å². The monoisotopic (exact) mass is 284 g/mol. The fraction of sp³-hybridized carbons (Fsp3) is 0.500. The van der Waals surface area contributed by atoms with Gasteiger partial charge >= 0.3 is 6.09 Å². The molecule has 6 heteroatoms. The highest BCUT2D eigenvalue weighted by Crippen LogP contribution is 2.32. The number of hydrogen-bond donors (Lipinski definition) is 2. The predicted molar refractivity (Wildman–Crippen MR) is 70.3 cm³/mol. The molecular formula is C14H18F2N2O2. The first-order valence-electron chi connectivity index (χ1n) is 6.57. The predicted octanol–water partition coefficient (Wildman–Crippen LogP) is 2.43. The summed E-state index contributed by atoms with van der Waals surface area (Å²) in [6.45, 7) is 0.102. The van der Waals surface area contributed by atoms with Crippen molar-refractivity contribution in [2.45, 2.75) is 43.9 Å². The van der Waals surface area contributed by atoms with Crippen molar-refractivity contribution in [3.63, 3.8) is 0 Å². The highest BCUT2D eigenvalue weighted by atomic mass is 19.3. The van der Waals surface area contributed by atoms with Crippen LogP contribution in [0, 0.1) is 0 Å². The molecule has 1 aromatic carbocycles. The summed E-state index contributed by atoms with van der Waals surface area (Å²) in [5.74, 6) is -2.77. The third kappa shape index (κ3) is 4.16. The van der Waals surface area contributed by atoms with E-state index in [1.807, 2.05) is 30.3 Å². The second-order valence-electron chi connectivity index (χ2n) is 5.08. The van der Waals surface area contributed by atoms with Crippen molar-refractivity contribution in [2.75, 3.05) is 0 Å². The van der Waals surface area contributed by atoms with Gasteiger partial charge in [-0.1, -0.05) is 30.3 Å². The molecule has 1 amide bonds. The van der Waals surface area contributed by atoms with E-state index in [9.17, 15) is 13.6 Å². The molecule has 0 bridgehead atoms. The normalized spacial score (nSPS) is 24.9. The van der Waals surface area contributed by atoms with E-state index in [1.165, 1.54) is 0 Å². The maximum atomic E-state index is 13.3. The Labute approximate surface area is 116 Å². The first kappa shape index (κ1) is 14.7. The Morgan fingerprint density at radius 1 is 1.40 bits per heavy atom. The number of carbonyl (C=O) groups is 1. The van der Waals surface area contributed by atoms with Crippen LogP contribution in [0.4, 0.5) is 13.6 Å². The zero-order valence-corrected chi connectivity index (χ0v) is 11.0. The zero-order chi connectivity index (χ0) is 14.6. The molecule has 1 aliphatic rings. The lowest BCUT2D eigenvalue weighted by Crippen LogP contribution is -2.53. The molecule has 0 spiro atoms. The van der Waals surface area contributed by atoms with Crippen molar-refractivity contribution in [3.05, 3.63) is 35.9 Å². The van der Waals surface area contributed by atoms with Crippen LogP contribution in [0.2, 0.25) is 0 Å². The topological polar surface area (TPSA) is 64.3 Å². The summed E-state index contributed by atoms with van der Waals surface area (Å²) in [5, 5.41) is 2.43. The molecule has 110 valence electrons. The summed E-state index contributed by atoms with van der Waals surface area (Å²) in [5.41, 5.74) is 6.59. The molecule has 20 heavy (non-hydrogen) atoms. The van der Waals surface area contributed by atoms with Gasteiger partial charge in [-0.2, -0.15) is 0 Å². The number of nitrogens with two attached hydrogens (primary N) is 1. The molecule has 1 saturated carbocycles. The smallest absolute Gasteiger partial charge is 0.407 e. The average molecular weight is 284 g/mol. The average Bonchev–Trinajstić information content (AvgIpc) is 2.42. The van der Waals surface area contributed by atoms with Crippen molar-refractivity contribution in [1.82, 2.24) is 5.32 Å². The molecule has 4 nitrogen and oxygen atoms in total. The highest BCUT2D eigenvalue weighted by molar-refractivity contribution is 5.67. The van der Waals surface area contributed by atoms with Gasteiger partial charge in [0.15, 0.2) is 0 Å². The molecule has 3 N–H and O–H groups in total. The van der Waals surface area contributed by atoms with Crippen molar-refractivity contribution in [2.24, 2.45) is 5.73 Å². The van der Waals surface area contributed by atoms with Crippen molar-refractivity contribution < 1.29 is 18.3 Å². The summed E-state index contributed by atoms with van der Waals surface area (Å²) in [4.78, 5) is 11.6. The summed E-state index contributed by atoms with van der Waals surface area (Å²) in [6.07, 6.45) is -1.19. The van der Waals surface area contributed by atoms with E-state index in [0.717, 1.165) is 5.56 Å². The van der Waals surface area contributed by atoms with Crippen molar-refractivity contribution in [3.8, 4) is 0 Å². The van der Waals surface area contributed by atoms with E-state index in [1.54, 1.807) is 0 Å². The van der Waals surface area contributed by atoms with Crippen LogP contribution >= 0.6 is 0 Å². The minimum Gasteiger partial charge on any atom is -0.445 e. The van der Waals surface area contributed by atoms with Gasteiger partial charge in [-0.25, -0.2) is 13.6 Å². The summed E-state index contributed by atoms with van der Waals surface area (Å²) < 4.78 is 31.6. The lowest BCUT2D eigenvalue weighted by Gasteiger charge is -2.33. The van der Waals surface area contributed by atoms with Gasteiger partial charge in [0.25, 0.3) is 0 Å². The zero-order valence-electron chi connectivity index (χ0n) is 11.0.